The summed E-state index contributed by atoms with van der Waals surface area (Å²) in [7, 11) is 0. The van der Waals surface area contributed by atoms with E-state index >= 15 is 0 Å². The summed E-state index contributed by atoms with van der Waals surface area (Å²) in [5.41, 5.74) is 0.989. The van der Waals surface area contributed by atoms with Crippen LogP contribution in [0.1, 0.15) is 43.6 Å². The summed E-state index contributed by atoms with van der Waals surface area (Å²) < 4.78 is 4.94. The molecule has 0 radical (unpaired) electrons. The van der Waals surface area contributed by atoms with E-state index in [0.29, 0.717) is 29.9 Å². The predicted octanol–water partition coefficient (Wildman–Crippen LogP) is 1.80. The highest BCUT2D eigenvalue weighted by Crippen LogP contribution is 2.14. The molecule has 0 aromatic carbocycles. The molecule has 0 spiro atoms. The zero-order valence-electron chi connectivity index (χ0n) is 11.2. The Morgan fingerprint density at radius 2 is 2.32 bits per heavy atom. The zero-order valence-corrected chi connectivity index (χ0v) is 11.2. The summed E-state index contributed by atoms with van der Waals surface area (Å²) >= 11 is 0. The lowest BCUT2D eigenvalue weighted by Gasteiger charge is -1.99. The van der Waals surface area contributed by atoms with Crippen LogP contribution in [-0.2, 0) is 11.2 Å². The lowest BCUT2D eigenvalue weighted by Crippen LogP contribution is -2.12. The third-order valence-electron chi connectivity index (χ3n) is 2.62. The number of nitrogens with one attached hydrogen (secondary N) is 2. The number of aromatic nitrogens is 4. The summed E-state index contributed by atoms with van der Waals surface area (Å²) in [4.78, 5) is 15.8. The second kappa shape index (κ2) is 5.64. The number of carbonyl (C=O) groups is 1. The van der Waals surface area contributed by atoms with Gasteiger partial charge >= 0.3 is 0 Å². The fraction of sp³-hybridized carbons (Fsp3) is 0.500. The fourth-order valence-electron chi connectivity index (χ4n) is 1.56. The molecule has 2 aromatic rings. The number of aromatic amines is 1. The maximum Gasteiger partial charge on any atom is 0.227 e. The summed E-state index contributed by atoms with van der Waals surface area (Å²) in [6.45, 7) is 5.85. The Morgan fingerprint density at radius 3 is 2.89 bits per heavy atom. The van der Waals surface area contributed by atoms with Gasteiger partial charge in [0.2, 0.25) is 11.8 Å². The topological polar surface area (TPSA) is 96.7 Å². The van der Waals surface area contributed by atoms with E-state index in [1.165, 1.54) is 0 Å². The van der Waals surface area contributed by atoms with E-state index in [-0.39, 0.29) is 12.3 Å². The smallest absolute Gasteiger partial charge is 0.227 e. The fourth-order valence-corrected chi connectivity index (χ4v) is 1.56. The maximum atomic E-state index is 11.7. The Hall–Kier alpha value is -2.18. The largest absolute Gasteiger partial charge is 0.339 e. The first-order valence-corrected chi connectivity index (χ1v) is 6.19. The molecule has 0 atom stereocenters. The summed E-state index contributed by atoms with van der Waals surface area (Å²) in [6.07, 6.45) is 0.708. The molecule has 0 unspecified atom stereocenters. The molecule has 0 saturated carbocycles. The van der Waals surface area contributed by atoms with Gasteiger partial charge in [0.25, 0.3) is 0 Å². The molecular weight excluding hydrogens is 246 g/mol. The first kappa shape index (κ1) is 13.3. The normalized spacial score (nSPS) is 10.9. The van der Waals surface area contributed by atoms with E-state index in [1.54, 1.807) is 6.92 Å². The number of hydrogen-bond donors (Lipinski definition) is 2. The van der Waals surface area contributed by atoms with E-state index in [1.807, 2.05) is 6.07 Å². The molecule has 0 bridgehead atoms. The van der Waals surface area contributed by atoms with Crippen LogP contribution < -0.4 is 5.32 Å². The first-order chi connectivity index (χ1) is 9.04. The van der Waals surface area contributed by atoms with Crippen LogP contribution in [0.2, 0.25) is 0 Å². The summed E-state index contributed by atoms with van der Waals surface area (Å²) in [5.74, 6) is 1.80. The average Bonchev–Trinajstić information content (AvgIpc) is 2.96. The molecule has 2 rings (SSSR count). The summed E-state index contributed by atoms with van der Waals surface area (Å²) in [5, 5.41) is 13.3. The van der Waals surface area contributed by atoms with Gasteiger partial charge in [-0.05, 0) is 12.8 Å². The Kier molecular flexibility index (Phi) is 3.94. The molecule has 0 aliphatic rings. The van der Waals surface area contributed by atoms with Crippen molar-refractivity contribution in [2.45, 2.75) is 39.5 Å². The van der Waals surface area contributed by atoms with Crippen molar-refractivity contribution >= 4 is 11.7 Å². The second-order valence-corrected chi connectivity index (χ2v) is 4.65. The molecule has 102 valence electrons. The number of hydrogen-bond acceptors (Lipinski definition) is 5. The molecule has 7 nitrogen and oxygen atoms in total. The summed E-state index contributed by atoms with van der Waals surface area (Å²) in [6, 6.07) is 1.83. The Balaban J connectivity index is 1.83. The van der Waals surface area contributed by atoms with E-state index < -0.39 is 0 Å². The Morgan fingerprint density at radius 1 is 1.53 bits per heavy atom. The molecule has 1 amide bonds. The maximum absolute atomic E-state index is 11.7. The monoisotopic (exact) mass is 263 g/mol. The zero-order chi connectivity index (χ0) is 13.8. The molecule has 2 aromatic heterocycles. The van der Waals surface area contributed by atoms with Crippen LogP contribution in [0.15, 0.2) is 10.6 Å². The minimum absolute atomic E-state index is 0.127. The molecule has 0 aliphatic heterocycles. The van der Waals surface area contributed by atoms with Crippen molar-refractivity contribution in [2.24, 2.45) is 0 Å². The van der Waals surface area contributed by atoms with Crippen LogP contribution in [0, 0.1) is 6.92 Å². The quantitative estimate of drug-likeness (QED) is 0.857. The van der Waals surface area contributed by atoms with Crippen LogP contribution in [0.4, 0.5) is 5.82 Å². The van der Waals surface area contributed by atoms with E-state index in [4.69, 9.17) is 4.52 Å². The highest BCUT2D eigenvalue weighted by molar-refractivity contribution is 5.89. The van der Waals surface area contributed by atoms with Gasteiger partial charge in [0.05, 0.1) is 0 Å². The van der Waals surface area contributed by atoms with Crippen LogP contribution >= 0.6 is 0 Å². The number of H-pyrrole nitrogens is 1. The third kappa shape index (κ3) is 3.64. The van der Waals surface area contributed by atoms with Crippen molar-refractivity contribution in [1.29, 1.82) is 0 Å². The van der Waals surface area contributed by atoms with Crippen molar-refractivity contribution in [3.8, 4) is 0 Å². The van der Waals surface area contributed by atoms with Crippen LogP contribution in [0.3, 0.4) is 0 Å². The number of carbonyl (C=O) groups excluding carboxylic acids is 1. The SMILES string of the molecule is Cc1noc(CCC(=O)Nc2cc(C(C)C)[nH]n2)n1. The lowest BCUT2D eigenvalue weighted by molar-refractivity contribution is -0.116. The van der Waals surface area contributed by atoms with Crippen LogP contribution in [0.5, 0.6) is 0 Å². The van der Waals surface area contributed by atoms with Crippen LogP contribution in [-0.4, -0.2) is 26.2 Å². The van der Waals surface area contributed by atoms with Gasteiger partial charge in [-0.15, -0.1) is 0 Å². The van der Waals surface area contributed by atoms with Crippen molar-refractivity contribution in [3.05, 3.63) is 23.5 Å². The Labute approximate surface area is 110 Å². The molecule has 7 heteroatoms. The molecular formula is C12H17N5O2. The first-order valence-electron chi connectivity index (χ1n) is 6.19. The number of rotatable bonds is 5. The van der Waals surface area contributed by atoms with Gasteiger partial charge in [0.15, 0.2) is 11.6 Å². The second-order valence-electron chi connectivity index (χ2n) is 4.65. The van der Waals surface area contributed by atoms with Gasteiger partial charge in [-0.25, -0.2) is 0 Å². The van der Waals surface area contributed by atoms with Crippen molar-refractivity contribution in [3.63, 3.8) is 0 Å². The van der Waals surface area contributed by atoms with Gasteiger partial charge in [-0.2, -0.15) is 10.1 Å². The molecule has 0 saturated heterocycles. The molecule has 0 aliphatic carbocycles. The van der Waals surface area contributed by atoms with Gasteiger partial charge < -0.3 is 9.84 Å². The average molecular weight is 263 g/mol. The Bertz CT molecular complexity index is 558. The minimum Gasteiger partial charge on any atom is -0.339 e. The molecule has 0 fully saturated rings. The van der Waals surface area contributed by atoms with Gasteiger partial charge in [-0.3, -0.25) is 9.89 Å². The highest BCUT2D eigenvalue weighted by atomic mass is 16.5. The van der Waals surface area contributed by atoms with Gasteiger partial charge in [-0.1, -0.05) is 19.0 Å². The van der Waals surface area contributed by atoms with Gasteiger partial charge in [0, 0.05) is 24.6 Å². The predicted molar refractivity (Wildman–Crippen MR) is 68.7 cm³/mol. The number of anilines is 1. The molecule has 2 heterocycles. The minimum atomic E-state index is -0.127. The van der Waals surface area contributed by atoms with Gasteiger partial charge in [0.1, 0.15) is 0 Å². The van der Waals surface area contributed by atoms with Crippen molar-refractivity contribution in [1.82, 2.24) is 20.3 Å². The molecule has 2 N–H and O–H groups in total. The van der Waals surface area contributed by atoms with Crippen LogP contribution in [0.25, 0.3) is 0 Å². The van der Waals surface area contributed by atoms with E-state index in [9.17, 15) is 4.79 Å². The van der Waals surface area contributed by atoms with E-state index in [0.717, 1.165) is 5.69 Å². The standard InChI is InChI=1S/C12H17N5O2/c1-7(2)9-6-10(16-15-9)14-11(18)4-5-12-13-8(3)17-19-12/h6-7H,4-5H2,1-3H3,(H2,14,15,16,18). The van der Waals surface area contributed by atoms with Crippen molar-refractivity contribution in [2.75, 3.05) is 5.32 Å². The van der Waals surface area contributed by atoms with E-state index in [2.05, 4.69) is 39.5 Å². The lowest BCUT2D eigenvalue weighted by atomic mass is 10.1. The third-order valence-corrected chi connectivity index (χ3v) is 2.62. The highest BCUT2D eigenvalue weighted by Gasteiger charge is 2.10. The van der Waals surface area contributed by atoms with Crippen molar-refractivity contribution < 1.29 is 9.32 Å². The number of amides is 1. The number of aryl methyl sites for hydroxylation is 2. The number of nitrogens with zero attached hydrogens (tertiary/aromatic N) is 3. The molecule has 19 heavy (non-hydrogen) atoms.